The molecule has 0 aliphatic rings. The van der Waals surface area contributed by atoms with Gasteiger partial charge in [-0.2, -0.15) is 0 Å². The van der Waals surface area contributed by atoms with Gasteiger partial charge in [-0.25, -0.2) is 13.8 Å². The normalized spacial score (nSPS) is 12.3. The molecule has 2 heterocycles. The van der Waals surface area contributed by atoms with Crippen molar-refractivity contribution in [1.82, 2.24) is 15.3 Å². The highest BCUT2D eigenvalue weighted by molar-refractivity contribution is 7.07. The predicted octanol–water partition coefficient (Wildman–Crippen LogP) is 3.78. The summed E-state index contributed by atoms with van der Waals surface area (Å²) in [5.41, 5.74) is 3.93. The van der Waals surface area contributed by atoms with Crippen molar-refractivity contribution in [3.8, 4) is 5.75 Å². The van der Waals surface area contributed by atoms with Crippen LogP contribution in [0.1, 0.15) is 11.4 Å². The molecular weight excluding hydrogens is 372 g/mol. The zero-order valence-electron chi connectivity index (χ0n) is 12.9. The summed E-state index contributed by atoms with van der Waals surface area (Å²) in [5, 5.41) is 5.47. The van der Waals surface area contributed by atoms with Crippen LogP contribution in [0, 0.1) is 0 Å². The van der Waals surface area contributed by atoms with Gasteiger partial charge in [0.25, 0.3) is 5.91 Å². The van der Waals surface area contributed by atoms with E-state index in [-0.39, 0.29) is 6.54 Å². The molecule has 0 aliphatic carbocycles. The van der Waals surface area contributed by atoms with Gasteiger partial charge in [-0.1, -0.05) is 11.6 Å². The number of alkyl halides is 2. The van der Waals surface area contributed by atoms with Crippen LogP contribution in [0.5, 0.6) is 5.75 Å². The molecule has 5 nitrogen and oxygen atoms in total. The number of amides is 1. The average molecular weight is 386 g/mol. The smallest absolute Gasteiger partial charge is 0.257 e. The minimum Gasteiger partial charge on any atom is -0.486 e. The van der Waals surface area contributed by atoms with Gasteiger partial charge in [0.15, 0.2) is 0 Å². The van der Waals surface area contributed by atoms with Gasteiger partial charge in [0, 0.05) is 28.0 Å². The Morgan fingerprint density at radius 2 is 2.28 bits per heavy atom. The number of carbonyl (C=O) groups excluding carboxylic acids is 1. The van der Waals surface area contributed by atoms with Crippen LogP contribution in [0.15, 0.2) is 29.1 Å². The van der Waals surface area contributed by atoms with E-state index in [0.29, 0.717) is 23.1 Å². The quantitative estimate of drug-likeness (QED) is 0.650. The van der Waals surface area contributed by atoms with Gasteiger partial charge in [-0.05, 0) is 12.1 Å². The summed E-state index contributed by atoms with van der Waals surface area (Å²) >= 11 is 7.70. The van der Waals surface area contributed by atoms with Crippen LogP contribution in [0.2, 0.25) is 5.02 Å². The number of benzene rings is 1. The van der Waals surface area contributed by atoms with E-state index >= 15 is 0 Å². The van der Waals surface area contributed by atoms with Gasteiger partial charge in [0.05, 0.1) is 22.8 Å². The van der Waals surface area contributed by atoms with Gasteiger partial charge in [-0.15, -0.1) is 11.3 Å². The molecule has 0 saturated heterocycles. The fourth-order valence-electron chi connectivity index (χ4n) is 2.22. The zero-order valence-corrected chi connectivity index (χ0v) is 14.5. The minimum atomic E-state index is -2.15. The van der Waals surface area contributed by atoms with Gasteiger partial charge in [-0.3, -0.25) is 4.79 Å². The van der Waals surface area contributed by atoms with Crippen LogP contribution < -0.4 is 10.1 Å². The van der Waals surface area contributed by atoms with E-state index in [9.17, 15) is 13.6 Å². The Labute approximate surface area is 151 Å². The first-order valence-electron chi connectivity index (χ1n) is 7.35. The Bertz CT molecular complexity index is 870. The van der Waals surface area contributed by atoms with E-state index in [2.05, 4.69) is 15.3 Å². The van der Waals surface area contributed by atoms with Crippen LogP contribution in [0.25, 0.3) is 10.9 Å². The number of carbonyl (C=O) groups is 1. The third-order valence-electron chi connectivity index (χ3n) is 3.46. The summed E-state index contributed by atoms with van der Waals surface area (Å²) in [7, 11) is 0. The largest absolute Gasteiger partial charge is 0.486 e. The molecule has 1 amide bonds. The molecule has 1 atom stereocenters. The lowest BCUT2D eigenvalue weighted by molar-refractivity contribution is -0.126. The number of nitrogens with one attached hydrogen (secondary N) is 2. The lowest BCUT2D eigenvalue weighted by atomic mass is 10.2. The Balaban J connectivity index is 1.70. The molecular formula is C16H14ClF2N3O2S. The third-order valence-corrected chi connectivity index (χ3v) is 4.39. The number of hydrogen-bond donors (Lipinski definition) is 2. The van der Waals surface area contributed by atoms with Crippen molar-refractivity contribution in [3.05, 3.63) is 45.5 Å². The summed E-state index contributed by atoms with van der Waals surface area (Å²) in [6.07, 6.45) is -2.15. The van der Waals surface area contributed by atoms with Gasteiger partial charge in [0.1, 0.15) is 19.0 Å². The summed E-state index contributed by atoms with van der Waals surface area (Å²) in [4.78, 5) is 18.5. The highest BCUT2D eigenvalue weighted by Crippen LogP contribution is 2.31. The van der Waals surface area contributed by atoms with Crippen molar-refractivity contribution in [3.63, 3.8) is 0 Å². The molecule has 0 fully saturated rings. The second kappa shape index (κ2) is 7.79. The number of rotatable bonds is 7. The molecule has 3 rings (SSSR count). The number of H-pyrrole nitrogens is 1. The van der Waals surface area contributed by atoms with Crippen LogP contribution in [0.4, 0.5) is 8.78 Å². The van der Waals surface area contributed by atoms with E-state index in [4.69, 9.17) is 16.3 Å². The number of aromatic nitrogens is 2. The maximum absolute atomic E-state index is 12.9. The number of aromatic amines is 1. The van der Waals surface area contributed by atoms with E-state index in [0.717, 1.165) is 16.6 Å². The third kappa shape index (κ3) is 4.26. The molecule has 25 heavy (non-hydrogen) atoms. The fraction of sp³-hybridized carbons (Fsp3) is 0.250. The Hall–Kier alpha value is -2.19. The van der Waals surface area contributed by atoms with Crippen molar-refractivity contribution in [1.29, 1.82) is 0 Å². The molecule has 3 aromatic rings. The second-order valence-corrected chi connectivity index (χ2v) is 6.40. The topological polar surface area (TPSA) is 67.0 Å². The van der Waals surface area contributed by atoms with Gasteiger partial charge < -0.3 is 15.0 Å². The Morgan fingerprint density at radius 1 is 1.44 bits per heavy atom. The first-order chi connectivity index (χ1) is 12.1. The van der Waals surface area contributed by atoms with Crippen molar-refractivity contribution in [2.24, 2.45) is 0 Å². The SMILES string of the molecule is O=C(NCc1cc2cc(Cl)c(OCc3cscn3)cc2[nH]1)C(F)CF. The highest BCUT2D eigenvalue weighted by Gasteiger charge is 2.16. The standard InChI is InChI=1S/C16H14ClF2N3O2S/c17-12-2-9-1-10(5-20-16(23)13(19)4-18)22-14(9)3-15(12)24-6-11-7-25-8-21-11/h1-3,7-8,13,22H,4-6H2,(H,20,23). The molecule has 2 aromatic heterocycles. The number of thiazole rings is 1. The van der Waals surface area contributed by atoms with Crippen molar-refractivity contribution in [2.75, 3.05) is 6.67 Å². The van der Waals surface area contributed by atoms with Crippen molar-refractivity contribution >= 4 is 39.7 Å². The van der Waals surface area contributed by atoms with Crippen LogP contribution >= 0.6 is 22.9 Å². The maximum Gasteiger partial charge on any atom is 0.257 e. The lowest BCUT2D eigenvalue weighted by Crippen LogP contribution is -2.32. The molecule has 1 unspecified atom stereocenters. The molecule has 2 N–H and O–H groups in total. The molecule has 0 radical (unpaired) electrons. The summed E-state index contributed by atoms with van der Waals surface area (Å²) in [6.45, 7) is -0.978. The fourth-order valence-corrected chi connectivity index (χ4v) is 2.99. The molecule has 1 aromatic carbocycles. The van der Waals surface area contributed by atoms with E-state index < -0.39 is 18.8 Å². The minimum absolute atomic E-state index is 0.0561. The Kier molecular flexibility index (Phi) is 5.50. The monoisotopic (exact) mass is 385 g/mol. The van der Waals surface area contributed by atoms with E-state index in [1.807, 2.05) is 5.38 Å². The van der Waals surface area contributed by atoms with Crippen LogP contribution in [0.3, 0.4) is 0 Å². The molecule has 9 heteroatoms. The highest BCUT2D eigenvalue weighted by atomic mass is 35.5. The number of fused-ring (bicyclic) bond motifs is 1. The lowest BCUT2D eigenvalue weighted by Gasteiger charge is -2.06. The van der Waals surface area contributed by atoms with Crippen molar-refractivity contribution < 1.29 is 18.3 Å². The number of ether oxygens (including phenoxy) is 1. The van der Waals surface area contributed by atoms with E-state index in [1.54, 1.807) is 23.7 Å². The zero-order chi connectivity index (χ0) is 17.8. The number of nitrogens with zero attached hydrogens (tertiary/aromatic N) is 1. The molecule has 0 saturated carbocycles. The average Bonchev–Trinajstić information content (AvgIpc) is 3.25. The maximum atomic E-state index is 12.9. The predicted molar refractivity (Wildman–Crippen MR) is 92.5 cm³/mol. The van der Waals surface area contributed by atoms with Gasteiger partial charge >= 0.3 is 0 Å². The van der Waals surface area contributed by atoms with Crippen LogP contribution in [-0.2, 0) is 17.9 Å². The number of halogens is 3. The first kappa shape index (κ1) is 17.6. The summed E-state index contributed by atoms with van der Waals surface area (Å²) < 4.78 is 30.7. The Morgan fingerprint density at radius 3 is 3.00 bits per heavy atom. The molecule has 132 valence electrons. The molecule has 0 spiro atoms. The summed E-state index contributed by atoms with van der Waals surface area (Å²) in [5.74, 6) is -0.479. The first-order valence-corrected chi connectivity index (χ1v) is 8.67. The van der Waals surface area contributed by atoms with E-state index in [1.165, 1.54) is 11.3 Å². The second-order valence-electron chi connectivity index (χ2n) is 5.27. The van der Waals surface area contributed by atoms with Gasteiger partial charge in [0.2, 0.25) is 6.17 Å². The van der Waals surface area contributed by atoms with Crippen LogP contribution in [-0.4, -0.2) is 28.7 Å². The van der Waals surface area contributed by atoms with Crippen molar-refractivity contribution in [2.45, 2.75) is 19.3 Å². The molecule has 0 bridgehead atoms. The molecule has 0 aliphatic heterocycles. The number of hydrogen-bond acceptors (Lipinski definition) is 4. The summed E-state index contributed by atoms with van der Waals surface area (Å²) in [6, 6.07) is 5.25.